The van der Waals surface area contributed by atoms with Crippen LogP contribution in [-0.4, -0.2) is 47.3 Å². The molecule has 2 aromatic rings. The molecule has 0 unspecified atom stereocenters. The van der Waals surface area contributed by atoms with Gasteiger partial charge in [0.05, 0.1) is 5.69 Å². The highest BCUT2D eigenvalue weighted by atomic mass is 16.5. The Kier molecular flexibility index (Phi) is 5.11. The van der Waals surface area contributed by atoms with Gasteiger partial charge in [-0.2, -0.15) is 0 Å². The molecule has 1 saturated heterocycles. The fourth-order valence-corrected chi connectivity index (χ4v) is 3.15. The summed E-state index contributed by atoms with van der Waals surface area (Å²) in [4.78, 5) is 11.0. The molecule has 5 heteroatoms. The van der Waals surface area contributed by atoms with Crippen molar-refractivity contribution in [3.63, 3.8) is 0 Å². The molecule has 1 fully saturated rings. The first-order chi connectivity index (χ1) is 11.6. The lowest BCUT2D eigenvalue weighted by Crippen LogP contribution is -2.41. The van der Waals surface area contributed by atoms with Crippen LogP contribution in [0, 0.1) is 13.8 Å². The molecule has 0 radical (unpaired) electrons. The SMILES string of the molecule is CO[C@@]1(COc2cccc(C)c2)CCN(Cc2ccnc(C)n2)C1. The van der Waals surface area contributed by atoms with Crippen LogP contribution in [0.4, 0.5) is 0 Å². The fourth-order valence-electron chi connectivity index (χ4n) is 3.15. The standard InChI is InChI=1S/C19H25N3O2/c1-15-5-4-6-18(11-15)24-14-19(23-3)8-10-22(13-19)12-17-7-9-20-16(2)21-17/h4-7,9,11H,8,10,12-14H2,1-3H3/t19-/m0/s1. The predicted octanol–water partition coefficient (Wildman–Crippen LogP) is 2.76. The third-order valence-electron chi connectivity index (χ3n) is 4.54. The van der Waals surface area contributed by atoms with Gasteiger partial charge < -0.3 is 9.47 Å². The first kappa shape index (κ1) is 16.9. The number of aryl methyl sites for hydroxylation is 2. The summed E-state index contributed by atoms with van der Waals surface area (Å²) in [5.41, 5.74) is 1.99. The normalized spacial score (nSPS) is 21.1. The number of ether oxygens (including phenoxy) is 2. The number of nitrogens with zero attached hydrogens (tertiary/aromatic N) is 3. The third-order valence-corrected chi connectivity index (χ3v) is 4.54. The van der Waals surface area contributed by atoms with Crippen molar-refractivity contribution in [2.45, 2.75) is 32.4 Å². The van der Waals surface area contributed by atoms with Gasteiger partial charge in [-0.15, -0.1) is 0 Å². The topological polar surface area (TPSA) is 47.5 Å². The zero-order valence-corrected chi connectivity index (χ0v) is 14.7. The molecule has 1 atom stereocenters. The Labute approximate surface area is 143 Å². The van der Waals surface area contributed by atoms with E-state index in [0.717, 1.165) is 43.3 Å². The summed E-state index contributed by atoms with van der Waals surface area (Å²) in [6, 6.07) is 10.1. The lowest BCUT2D eigenvalue weighted by Gasteiger charge is -2.28. The Morgan fingerprint density at radius 1 is 1.25 bits per heavy atom. The number of methoxy groups -OCH3 is 1. The van der Waals surface area contributed by atoms with E-state index in [1.165, 1.54) is 5.56 Å². The minimum absolute atomic E-state index is 0.258. The number of benzene rings is 1. The van der Waals surface area contributed by atoms with Gasteiger partial charge in [-0.05, 0) is 44.0 Å². The van der Waals surface area contributed by atoms with Gasteiger partial charge in [-0.3, -0.25) is 4.90 Å². The maximum absolute atomic E-state index is 6.01. The Hall–Kier alpha value is -1.98. The van der Waals surface area contributed by atoms with E-state index >= 15 is 0 Å². The van der Waals surface area contributed by atoms with Crippen molar-refractivity contribution in [1.82, 2.24) is 14.9 Å². The minimum Gasteiger partial charge on any atom is -0.491 e. The second-order valence-corrected chi connectivity index (χ2v) is 6.55. The highest BCUT2D eigenvalue weighted by Crippen LogP contribution is 2.27. The highest BCUT2D eigenvalue weighted by Gasteiger charge is 2.39. The number of hydrogen-bond donors (Lipinski definition) is 0. The summed E-state index contributed by atoms with van der Waals surface area (Å²) in [5.74, 6) is 1.71. The van der Waals surface area contributed by atoms with Crippen LogP contribution >= 0.6 is 0 Å². The lowest BCUT2D eigenvalue weighted by molar-refractivity contribution is -0.0360. The van der Waals surface area contributed by atoms with Crippen molar-refractivity contribution in [2.24, 2.45) is 0 Å². The molecule has 0 N–H and O–H groups in total. The van der Waals surface area contributed by atoms with Crippen LogP contribution in [-0.2, 0) is 11.3 Å². The van der Waals surface area contributed by atoms with Gasteiger partial charge in [-0.1, -0.05) is 12.1 Å². The van der Waals surface area contributed by atoms with Gasteiger partial charge in [0.25, 0.3) is 0 Å². The van der Waals surface area contributed by atoms with Crippen molar-refractivity contribution in [2.75, 3.05) is 26.8 Å². The fraction of sp³-hybridized carbons (Fsp3) is 0.474. The lowest BCUT2D eigenvalue weighted by atomic mass is 10.0. The second-order valence-electron chi connectivity index (χ2n) is 6.55. The number of aromatic nitrogens is 2. The van der Waals surface area contributed by atoms with E-state index in [2.05, 4.69) is 33.9 Å². The van der Waals surface area contributed by atoms with Crippen LogP contribution in [0.1, 0.15) is 23.5 Å². The summed E-state index contributed by atoms with van der Waals surface area (Å²) in [6.07, 6.45) is 2.78. The van der Waals surface area contributed by atoms with Gasteiger partial charge in [0, 0.05) is 32.9 Å². The predicted molar refractivity (Wildman–Crippen MR) is 93.1 cm³/mol. The molecule has 0 aliphatic carbocycles. The summed E-state index contributed by atoms with van der Waals surface area (Å²) >= 11 is 0. The van der Waals surface area contributed by atoms with Crippen LogP contribution in [0.5, 0.6) is 5.75 Å². The van der Waals surface area contributed by atoms with Crippen LogP contribution in [0.25, 0.3) is 0 Å². The Morgan fingerprint density at radius 3 is 2.88 bits per heavy atom. The summed E-state index contributed by atoms with van der Waals surface area (Å²) in [5, 5.41) is 0. The van der Waals surface area contributed by atoms with E-state index in [-0.39, 0.29) is 5.60 Å². The third kappa shape index (κ3) is 4.10. The molecule has 1 aliphatic rings. The molecule has 24 heavy (non-hydrogen) atoms. The Morgan fingerprint density at radius 2 is 2.12 bits per heavy atom. The largest absolute Gasteiger partial charge is 0.491 e. The van der Waals surface area contributed by atoms with E-state index < -0.39 is 0 Å². The summed E-state index contributed by atoms with van der Waals surface area (Å²) < 4.78 is 11.8. The molecule has 1 aromatic carbocycles. The summed E-state index contributed by atoms with van der Waals surface area (Å²) in [7, 11) is 1.78. The van der Waals surface area contributed by atoms with Crippen molar-refractivity contribution >= 4 is 0 Å². The molecule has 128 valence electrons. The van der Waals surface area contributed by atoms with Crippen molar-refractivity contribution < 1.29 is 9.47 Å². The molecule has 2 heterocycles. The molecular weight excluding hydrogens is 302 g/mol. The van der Waals surface area contributed by atoms with Crippen LogP contribution in [0.15, 0.2) is 36.5 Å². The van der Waals surface area contributed by atoms with E-state index in [4.69, 9.17) is 9.47 Å². The molecule has 5 nitrogen and oxygen atoms in total. The molecule has 0 saturated carbocycles. The zero-order valence-electron chi connectivity index (χ0n) is 14.7. The number of likely N-dealkylation sites (tertiary alicyclic amines) is 1. The maximum Gasteiger partial charge on any atom is 0.125 e. The molecule has 0 amide bonds. The van der Waals surface area contributed by atoms with E-state index in [1.807, 2.05) is 31.3 Å². The maximum atomic E-state index is 6.01. The van der Waals surface area contributed by atoms with Crippen molar-refractivity contribution in [3.8, 4) is 5.75 Å². The average Bonchev–Trinajstić information content (AvgIpc) is 2.97. The first-order valence-corrected chi connectivity index (χ1v) is 8.34. The first-order valence-electron chi connectivity index (χ1n) is 8.34. The Balaban J connectivity index is 1.60. The van der Waals surface area contributed by atoms with Gasteiger partial charge in [0.15, 0.2) is 0 Å². The van der Waals surface area contributed by atoms with Crippen LogP contribution in [0.2, 0.25) is 0 Å². The smallest absolute Gasteiger partial charge is 0.125 e. The Bertz CT molecular complexity index is 692. The monoisotopic (exact) mass is 327 g/mol. The van der Waals surface area contributed by atoms with Crippen molar-refractivity contribution in [3.05, 3.63) is 53.6 Å². The van der Waals surface area contributed by atoms with Crippen molar-refractivity contribution in [1.29, 1.82) is 0 Å². The van der Waals surface area contributed by atoms with Gasteiger partial charge in [0.1, 0.15) is 23.8 Å². The van der Waals surface area contributed by atoms with Gasteiger partial charge >= 0.3 is 0 Å². The zero-order chi connectivity index (χ0) is 17.0. The molecule has 3 rings (SSSR count). The highest BCUT2D eigenvalue weighted by molar-refractivity contribution is 5.27. The molecule has 0 bridgehead atoms. The minimum atomic E-state index is -0.258. The molecule has 1 aliphatic heterocycles. The molecule has 1 aromatic heterocycles. The number of hydrogen-bond acceptors (Lipinski definition) is 5. The average molecular weight is 327 g/mol. The molecular formula is C19H25N3O2. The molecule has 0 spiro atoms. The van der Waals surface area contributed by atoms with E-state index in [9.17, 15) is 0 Å². The number of rotatable bonds is 6. The van der Waals surface area contributed by atoms with Gasteiger partial charge in [0.2, 0.25) is 0 Å². The van der Waals surface area contributed by atoms with Crippen LogP contribution < -0.4 is 4.74 Å². The van der Waals surface area contributed by atoms with E-state index in [1.54, 1.807) is 7.11 Å². The quantitative estimate of drug-likeness (QED) is 0.816. The van der Waals surface area contributed by atoms with E-state index in [0.29, 0.717) is 6.61 Å². The summed E-state index contributed by atoms with van der Waals surface area (Å²) in [6.45, 7) is 7.19. The van der Waals surface area contributed by atoms with Crippen LogP contribution in [0.3, 0.4) is 0 Å². The second kappa shape index (κ2) is 7.28. The van der Waals surface area contributed by atoms with Gasteiger partial charge in [-0.25, -0.2) is 9.97 Å².